The second kappa shape index (κ2) is 10.5. The fraction of sp³-hybridized carbons (Fsp3) is 0.292. The Bertz CT molecular complexity index is 1610. The van der Waals surface area contributed by atoms with Crippen LogP contribution in [0.15, 0.2) is 52.6 Å². The van der Waals surface area contributed by atoms with Gasteiger partial charge in [0.05, 0.1) is 28.4 Å². The number of fused-ring (bicyclic) bond motifs is 1. The number of benzene rings is 1. The minimum Gasteiger partial charge on any atom is -0.381 e. The molecule has 206 valence electrons. The number of alkyl halides is 6. The third kappa shape index (κ3) is 5.91. The highest BCUT2D eigenvalue weighted by Crippen LogP contribution is 2.32. The lowest BCUT2D eigenvalue weighted by Gasteiger charge is -2.18. The summed E-state index contributed by atoms with van der Waals surface area (Å²) >= 11 is 0. The molecule has 3 heterocycles. The normalized spacial score (nSPS) is 13.0. The molecular weight excluding hydrogens is 537 g/mol. The van der Waals surface area contributed by atoms with Gasteiger partial charge in [-0.1, -0.05) is 0 Å². The number of H-pyrrole nitrogens is 1. The number of rotatable bonds is 7. The van der Waals surface area contributed by atoms with Gasteiger partial charge in [-0.05, 0) is 38.0 Å². The highest BCUT2D eigenvalue weighted by molar-refractivity contribution is 5.86. The molecule has 0 saturated heterocycles. The predicted octanol–water partition coefficient (Wildman–Crippen LogP) is 5.00. The van der Waals surface area contributed by atoms with Gasteiger partial charge in [0.25, 0.3) is 11.1 Å². The topological polar surface area (TPSA) is 106 Å². The molecule has 4 rings (SSSR count). The van der Waals surface area contributed by atoms with Gasteiger partial charge in [-0.2, -0.15) is 31.4 Å². The van der Waals surface area contributed by atoms with Crippen LogP contribution in [-0.4, -0.2) is 30.8 Å². The molecule has 0 saturated carbocycles. The van der Waals surface area contributed by atoms with Gasteiger partial charge in [0.1, 0.15) is 11.4 Å². The molecule has 39 heavy (non-hydrogen) atoms. The Morgan fingerprint density at radius 2 is 1.67 bits per heavy atom. The zero-order chi connectivity index (χ0) is 28.5. The maximum atomic E-state index is 15.1. The molecular formula is C24H19F7N6O2. The molecule has 0 aliphatic heterocycles. The monoisotopic (exact) mass is 556 g/mol. The van der Waals surface area contributed by atoms with Crippen molar-refractivity contribution in [2.75, 3.05) is 5.32 Å². The summed E-state index contributed by atoms with van der Waals surface area (Å²) in [6, 6.07) is 3.33. The Labute approximate surface area is 214 Å². The summed E-state index contributed by atoms with van der Waals surface area (Å²) in [5, 5.41) is 7.70. The van der Waals surface area contributed by atoms with Gasteiger partial charge in [-0.25, -0.2) is 19.5 Å². The number of anilines is 1. The molecule has 0 aliphatic carbocycles. The summed E-state index contributed by atoms with van der Waals surface area (Å²) in [6.45, 7) is 1.76. The minimum atomic E-state index is -4.88. The smallest absolute Gasteiger partial charge is 0.381 e. The number of nitrogens with one attached hydrogen (secondary N) is 2. The van der Waals surface area contributed by atoms with Crippen molar-refractivity contribution in [2.24, 2.45) is 0 Å². The molecule has 15 heteroatoms. The van der Waals surface area contributed by atoms with E-state index in [1.54, 1.807) is 12.0 Å². The molecule has 4 aromatic rings. The molecule has 3 aromatic heterocycles. The number of halogens is 7. The summed E-state index contributed by atoms with van der Waals surface area (Å²) in [4.78, 5) is 31.7. The van der Waals surface area contributed by atoms with E-state index in [0.29, 0.717) is 25.2 Å². The standard InChI is InChI=1S/C24H19F7N6O2/c1-12(35-17-11-34-36-21(38)18(17)24(29,30)31)3-2-7-37-8-6-14-15(22(37)39)4-5-16(19(14)25)20-32-9-13(10-33-20)23(26,27)28/h4-6,8-12H,2-3,7H2,1H3,(H2,35,36,38)/t12-/m0/s1. The first-order valence-corrected chi connectivity index (χ1v) is 11.4. The summed E-state index contributed by atoms with van der Waals surface area (Å²) in [6.07, 6.45) is -5.59. The van der Waals surface area contributed by atoms with Crippen molar-refractivity contribution in [1.29, 1.82) is 0 Å². The second-order valence-electron chi connectivity index (χ2n) is 8.67. The molecule has 0 amide bonds. The van der Waals surface area contributed by atoms with Gasteiger partial charge >= 0.3 is 12.4 Å². The predicted molar refractivity (Wildman–Crippen MR) is 126 cm³/mol. The zero-order valence-corrected chi connectivity index (χ0v) is 20.0. The van der Waals surface area contributed by atoms with Gasteiger partial charge in [0.15, 0.2) is 5.82 Å². The molecule has 0 unspecified atom stereocenters. The number of pyridine rings is 1. The maximum Gasteiger partial charge on any atom is 0.423 e. The fourth-order valence-electron chi connectivity index (χ4n) is 3.99. The van der Waals surface area contributed by atoms with E-state index in [0.717, 1.165) is 6.20 Å². The molecule has 1 aromatic carbocycles. The summed E-state index contributed by atoms with van der Waals surface area (Å²) < 4.78 is 94.3. The number of nitrogens with zero attached hydrogens (tertiary/aromatic N) is 4. The van der Waals surface area contributed by atoms with E-state index >= 15 is 4.39 Å². The van der Waals surface area contributed by atoms with E-state index < -0.39 is 52.1 Å². The quantitative estimate of drug-likeness (QED) is 0.311. The molecule has 0 radical (unpaired) electrons. The molecule has 0 fully saturated rings. The number of hydrogen-bond acceptors (Lipinski definition) is 6. The van der Waals surface area contributed by atoms with E-state index in [1.165, 1.54) is 29.0 Å². The first kappa shape index (κ1) is 27.7. The third-order valence-corrected chi connectivity index (χ3v) is 5.89. The summed E-state index contributed by atoms with van der Waals surface area (Å²) in [7, 11) is 0. The van der Waals surface area contributed by atoms with E-state index in [-0.39, 0.29) is 28.7 Å². The van der Waals surface area contributed by atoms with Crippen LogP contribution in [0.25, 0.3) is 22.2 Å². The second-order valence-corrected chi connectivity index (χ2v) is 8.67. The van der Waals surface area contributed by atoms with Crippen molar-refractivity contribution in [2.45, 2.75) is 44.7 Å². The van der Waals surface area contributed by atoms with E-state index in [9.17, 15) is 35.9 Å². The molecule has 2 N–H and O–H groups in total. The van der Waals surface area contributed by atoms with Crippen LogP contribution in [0.2, 0.25) is 0 Å². The molecule has 1 atom stereocenters. The zero-order valence-electron chi connectivity index (χ0n) is 20.0. The third-order valence-electron chi connectivity index (χ3n) is 5.89. The fourth-order valence-corrected chi connectivity index (χ4v) is 3.99. The van der Waals surface area contributed by atoms with Crippen LogP contribution in [-0.2, 0) is 18.9 Å². The largest absolute Gasteiger partial charge is 0.423 e. The lowest BCUT2D eigenvalue weighted by Crippen LogP contribution is -2.27. The highest BCUT2D eigenvalue weighted by atomic mass is 19.4. The SMILES string of the molecule is C[C@@H](CCCn1ccc2c(F)c(-c3ncc(C(F)(F)F)cn3)ccc2c1=O)Nc1cn[nH]c(=O)c1C(F)(F)F. The average molecular weight is 556 g/mol. The highest BCUT2D eigenvalue weighted by Gasteiger charge is 2.37. The van der Waals surface area contributed by atoms with Crippen molar-refractivity contribution in [3.63, 3.8) is 0 Å². The molecule has 0 bridgehead atoms. The number of aromatic nitrogens is 5. The van der Waals surface area contributed by atoms with Gasteiger partial charge in [0.2, 0.25) is 0 Å². The van der Waals surface area contributed by atoms with Gasteiger partial charge in [0, 0.05) is 36.6 Å². The Balaban J connectivity index is 1.48. The lowest BCUT2D eigenvalue weighted by atomic mass is 10.1. The average Bonchev–Trinajstić information content (AvgIpc) is 2.84. The molecule has 0 spiro atoms. The van der Waals surface area contributed by atoms with Crippen LogP contribution in [0.5, 0.6) is 0 Å². The molecule has 8 nitrogen and oxygen atoms in total. The van der Waals surface area contributed by atoms with Crippen molar-refractivity contribution in [3.8, 4) is 11.4 Å². The van der Waals surface area contributed by atoms with Crippen molar-refractivity contribution >= 4 is 16.5 Å². The Hall–Kier alpha value is -4.30. The van der Waals surface area contributed by atoms with Crippen LogP contribution in [0.4, 0.5) is 36.4 Å². The van der Waals surface area contributed by atoms with Crippen molar-refractivity contribution in [3.05, 3.63) is 80.6 Å². The van der Waals surface area contributed by atoms with Gasteiger partial charge in [-0.15, -0.1) is 0 Å². The van der Waals surface area contributed by atoms with E-state index in [2.05, 4.69) is 20.4 Å². The first-order chi connectivity index (χ1) is 18.3. The number of aryl methyl sites for hydroxylation is 1. The van der Waals surface area contributed by atoms with Crippen LogP contribution in [0.1, 0.15) is 30.9 Å². The maximum absolute atomic E-state index is 15.1. The lowest BCUT2D eigenvalue weighted by molar-refractivity contribution is -0.139. The van der Waals surface area contributed by atoms with Crippen LogP contribution in [0, 0.1) is 5.82 Å². The van der Waals surface area contributed by atoms with Crippen LogP contribution in [0.3, 0.4) is 0 Å². The van der Waals surface area contributed by atoms with Crippen molar-refractivity contribution < 1.29 is 30.7 Å². The molecule has 0 aliphatic rings. The Morgan fingerprint density at radius 1 is 0.974 bits per heavy atom. The van der Waals surface area contributed by atoms with Gasteiger partial charge < -0.3 is 9.88 Å². The Morgan fingerprint density at radius 3 is 2.31 bits per heavy atom. The number of hydrogen-bond donors (Lipinski definition) is 2. The minimum absolute atomic E-state index is 0.0150. The van der Waals surface area contributed by atoms with E-state index in [4.69, 9.17) is 0 Å². The Kier molecular flexibility index (Phi) is 7.44. The van der Waals surface area contributed by atoms with Crippen LogP contribution < -0.4 is 16.4 Å². The van der Waals surface area contributed by atoms with Gasteiger partial charge in [-0.3, -0.25) is 9.59 Å². The first-order valence-electron chi connectivity index (χ1n) is 11.4. The summed E-state index contributed by atoms with van der Waals surface area (Å²) in [5.41, 5.74) is -5.04. The number of aromatic amines is 1. The summed E-state index contributed by atoms with van der Waals surface area (Å²) in [5.74, 6) is -1.15. The van der Waals surface area contributed by atoms with Crippen molar-refractivity contribution in [1.82, 2.24) is 24.7 Å². The van der Waals surface area contributed by atoms with Crippen LogP contribution >= 0.6 is 0 Å². The van der Waals surface area contributed by atoms with E-state index in [1.807, 2.05) is 0 Å².